The first-order valence-electron chi connectivity index (χ1n) is 6.99. The summed E-state index contributed by atoms with van der Waals surface area (Å²) in [5.41, 5.74) is 6.08. The third-order valence-electron chi connectivity index (χ3n) is 3.64. The fourth-order valence-electron chi connectivity index (χ4n) is 2.61. The summed E-state index contributed by atoms with van der Waals surface area (Å²) < 4.78 is 0. The summed E-state index contributed by atoms with van der Waals surface area (Å²) in [6, 6.07) is 4.06. The Bertz CT molecular complexity index is 550. The number of carbonyl (C=O) groups excluding carboxylic acids is 1. The lowest BCUT2D eigenvalue weighted by Crippen LogP contribution is -2.39. The van der Waals surface area contributed by atoms with E-state index in [4.69, 9.17) is 5.73 Å². The second kappa shape index (κ2) is 6.80. The molecule has 7 heteroatoms. The molecule has 0 aromatic heterocycles. The zero-order chi connectivity index (χ0) is 15.4. The molecule has 0 bridgehead atoms. The van der Waals surface area contributed by atoms with Gasteiger partial charge in [0.1, 0.15) is 0 Å². The van der Waals surface area contributed by atoms with Gasteiger partial charge in [-0.15, -0.1) is 0 Å². The maximum absolute atomic E-state index is 12.3. The van der Waals surface area contributed by atoms with E-state index >= 15 is 0 Å². The van der Waals surface area contributed by atoms with Gasteiger partial charge in [-0.05, 0) is 24.7 Å². The first-order valence-corrected chi connectivity index (χ1v) is 8.04. The lowest BCUT2D eigenvalue weighted by molar-refractivity contribution is -0.384. The highest BCUT2D eigenvalue weighted by atomic mass is 32.2. The number of nitro groups is 1. The van der Waals surface area contributed by atoms with Gasteiger partial charge in [0.05, 0.1) is 10.5 Å². The topological polar surface area (TPSA) is 98.3 Å². The Labute approximate surface area is 127 Å². The molecule has 21 heavy (non-hydrogen) atoms. The molecule has 3 N–H and O–H groups in total. The summed E-state index contributed by atoms with van der Waals surface area (Å²) in [6.45, 7) is 2.10. The van der Waals surface area contributed by atoms with Gasteiger partial charge in [0.2, 0.25) is 0 Å². The predicted octanol–water partition coefficient (Wildman–Crippen LogP) is 2.58. The third-order valence-corrected chi connectivity index (χ3v) is 4.97. The number of hydrogen-bond acceptors (Lipinski definition) is 5. The number of amides is 1. The Kier molecular flexibility index (Phi) is 5.06. The first-order chi connectivity index (χ1) is 10.0. The van der Waals surface area contributed by atoms with Crippen LogP contribution in [0.15, 0.2) is 18.2 Å². The summed E-state index contributed by atoms with van der Waals surface area (Å²) in [7, 11) is 0. The van der Waals surface area contributed by atoms with Gasteiger partial charge in [-0.3, -0.25) is 14.9 Å². The number of benzene rings is 1. The number of nitro benzene ring substituents is 1. The molecule has 1 amide bonds. The molecule has 0 heterocycles. The van der Waals surface area contributed by atoms with Crippen LogP contribution >= 0.6 is 11.8 Å². The van der Waals surface area contributed by atoms with Crippen LogP contribution in [0.25, 0.3) is 0 Å². The minimum absolute atomic E-state index is 0.112. The summed E-state index contributed by atoms with van der Waals surface area (Å²) in [5, 5.41) is 14.2. The normalized spacial score (nSPS) is 21.2. The number of nitrogens with zero attached hydrogens (tertiary/aromatic N) is 1. The average Bonchev–Trinajstić information content (AvgIpc) is 2.86. The molecule has 114 valence electrons. The first kappa shape index (κ1) is 15.6. The van der Waals surface area contributed by atoms with Crippen molar-refractivity contribution in [1.29, 1.82) is 0 Å². The van der Waals surface area contributed by atoms with E-state index in [1.54, 1.807) is 0 Å². The van der Waals surface area contributed by atoms with E-state index in [9.17, 15) is 14.9 Å². The van der Waals surface area contributed by atoms with Gasteiger partial charge >= 0.3 is 0 Å². The lowest BCUT2D eigenvalue weighted by atomic mass is 10.1. The Morgan fingerprint density at radius 3 is 2.95 bits per heavy atom. The van der Waals surface area contributed by atoms with Crippen molar-refractivity contribution < 1.29 is 9.72 Å². The molecule has 1 saturated carbocycles. The van der Waals surface area contributed by atoms with Crippen LogP contribution in [0, 0.1) is 10.1 Å². The highest BCUT2D eigenvalue weighted by Crippen LogP contribution is 2.30. The van der Waals surface area contributed by atoms with Gasteiger partial charge < -0.3 is 11.1 Å². The molecule has 2 atom stereocenters. The second-order valence-electron chi connectivity index (χ2n) is 5.03. The smallest absolute Gasteiger partial charge is 0.270 e. The van der Waals surface area contributed by atoms with Crippen LogP contribution in [-0.4, -0.2) is 27.9 Å². The Balaban J connectivity index is 2.13. The molecular formula is C14H19N3O3S. The third kappa shape index (κ3) is 3.66. The Hall–Kier alpha value is -1.76. The molecule has 0 radical (unpaired) electrons. The number of non-ortho nitro benzene ring substituents is 1. The van der Waals surface area contributed by atoms with Crippen LogP contribution in [-0.2, 0) is 0 Å². The van der Waals surface area contributed by atoms with Gasteiger partial charge in [0.15, 0.2) is 0 Å². The SMILES string of the molecule is CCSC1CCCC1NC(=O)c1cc([N+](=O)[O-])ccc1N. The highest BCUT2D eigenvalue weighted by molar-refractivity contribution is 7.99. The summed E-state index contributed by atoms with van der Waals surface area (Å²) in [6.07, 6.45) is 3.12. The van der Waals surface area contributed by atoms with E-state index in [0.29, 0.717) is 5.25 Å². The average molecular weight is 309 g/mol. The van der Waals surface area contributed by atoms with Gasteiger partial charge in [-0.2, -0.15) is 11.8 Å². The van der Waals surface area contributed by atoms with E-state index in [0.717, 1.165) is 25.0 Å². The van der Waals surface area contributed by atoms with Crippen LogP contribution in [0.5, 0.6) is 0 Å². The molecule has 1 aromatic rings. The van der Waals surface area contributed by atoms with Crippen LogP contribution < -0.4 is 11.1 Å². The number of anilines is 1. The maximum atomic E-state index is 12.3. The van der Waals surface area contributed by atoms with Crippen molar-refractivity contribution in [2.75, 3.05) is 11.5 Å². The molecule has 6 nitrogen and oxygen atoms in total. The van der Waals surface area contributed by atoms with Crippen LogP contribution in [0.2, 0.25) is 0 Å². The Morgan fingerprint density at radius 2 is 2.29 bits per heavy atom. The largest absolute Gasteiger partial charge is 0.398 e. The van der Waals surface area contributed by atoms with Crippen LogP contribution in [0.1, 0.15) is 36.5 Å². The van der Waals surface area contributed by atoms with Crippen LogP contribution in [0.3, 0.4) is 0 Å². The van der Waals surface area contributed by atoms with Crippen molar-refractivity contribution >= 4 is 29.0 Å². The van der Waals surface area contributed by atoms with Crippen molar-refractivity contribution in [3.63, 3.8) is 0 Å². The number of hydrogen-bond donors (Lipinski definition) is 2. The van der Waals surface area contributed by atoms with E-state index in [2.05, 4.69) is 12.2 Å². The highest BCUT2D eigenvalue weighted by Gasteiger charge is 2.29. The molecule has 0 aliphatic heterocycles. The van der Waals surface area contributed by atoms with E-state index < -0.39 is 4.92 Å². The maximum Gasteiger partial charge on any atom is 0.270 e. The van der Waals surface area contributed by atoms with Crippen LogP contribution in [0.4, 0.5) is 11.4 Å². The molecule has 1 aliphatic carbocycles. The monoisotopic (exact) mass is 309 g/mol. The molecule has 2 rings (SSSR count). The predicted molar refractivity (Wildman–Crippen MR) is 84.5 cm³/mol. The number of nitrogen functional groups attached to an aromatic ring is 1. The van der Waals surface area contributed by atoms with Gasteiger partial charge in [-0.25, -0.2) is 0 Å². The fraction of sp³-hybridized carbons (Fsp3) is 0.500. The van der Waals surface area contributed by atoms with Crippen molar-refractivity contribution in [3.8, 4) is 0 Å². The zero-order valence-corrected chi connectivity index (χ0v) is 12.7. The minimum Gasteiger partial charge on any atom is -0.398 e. The fourth-order valence-corrected chi connectivity index (χ4v) is 3.80. The lowest BCUT2D eigenvalue weighted by Gasteiger charge is -2.20. The van der Waals surface area contributed by atoms with Gasteiger partial charge in [0.25, 0.3) is 11.6 Å². The molecule has 0 spiro atoms. The Morgan fingerprint density at radius 1 is 1.52 bits per heavy atom. The number of nitrogens with two attached hydrogens (primary N) is 1. The number of thioether (sulfide) groups is 1. The van der Waals surface area contributed by atoms with Crippen molar-refractivity contribution in [3.05, 3.63) is 33.9 Å². The van der Waals surface area contributed by atoms with Crippen molar-refractivity contribution in [1.82, 2.24) is 5.32 Å². The van der Waals surface area contributed by atoms with Gasteiger partial charge in [0, 0.05) is 29.1 Å². The molecule has 1 aromatic carbocycles. The summed E-state index contributed by atoms with van der Waals surface area (Å²) >= 11 is 1.84. The summed E-state index contributed by atoms with van der Waals surface area (Å²) in [5.74, 6) is 0.681. The number of rotatable bonds is 5. The number of carbonyl (C=O) groups is 1. The molecule has 1 fully saturated rings. The molecule has 2 unspecified atom stereocenters. The van der Waals surface area contributed by atoms with E-state index in [1.165, 1.54) is 18.2 Å². The molecular weight excluding hydrogens is 290 g/mol. The number of nitrogens with one attached hydrogen (secondary N) is 1. The summed E-state index contributed by atoms with van der Waals surface area (Å²) in [4.78, 5) is 22.6. The van der Waals surface area contributed by atoms with Crippen molar-refractivity contribution in [2.24, 2.45) is 0 Å². The van der Waals surface area contributed by atoms with E-state index in [-0.39, 0.29) is 28.9 Å². The zero-order valence-electron chi connectivity index (χ0n) is 11.9. The van der Waals surface area contributed by atoms with Crippen molar-refractivity contribution in [2.45, 2.75) is 37.5 Å². The van der Waals surface area contributed by atoms with Gasteiger partial charge in [-0.1, -0.05) is 13.3 Å². The van der Waals surface area contributed by atoms with E-state index in [1.807, 2.05) is 11.8 Å². The minimum atomic E-state index is -0.526. The second-order valence-corrected chi connectivity index (χ2v) is 6.55. The molecule has 1 aliphatic rings. The standard InChI is InChI=1S/C14H19N3O3S/c1-2-21-13-5-3-4-12(13)16-14(18)10-8-9(17(19)20)6-7-11(10)15/h6-8,12-13H,2-5,15H2,1H3,(H,16,18). The quantitative estimate of drug-likeness (QED) is 0.495. The molecule has 0 saturated heterocycles.